The van der Waals surface area contributed by atoms with Crippen LogP contribution in [0.5, 0.6) is 0 Å². The van der Waals surface area contributed by atoms with Crippen molar-refractivity contribution in [2.24, 2.45) is 0 Å². The molecule has 0 saturated carbocycles. The first kappa shape index (κ1) is 17.8. The van der Waals surface area contributed by atoms with Gasteiger partial charge in [-0.3, -0.25) is 14.5 Å². The lowest BCUT2D eigenvalue weighted by atomic mass is 10.1. The molecule has 134 valence electrons. The van der Waals surface area contributed by atoms with Crippen LogP contribution in [0.25, 0.3) is 0 Å². The minimum atomic E-state index is -4.47. The van der Waals surface area contributed by atoms with Gasteiger partial charge in [-0.05, 0) is 36.3 Å². The molecule has 0 bridgehead atoms. The molecule has 0 aliphatic carbocycles. The van der Waals surface area contributed by atoms with Gasteiger partial charge in [-0.15, -0.1) is 0 Å². The van der Waals surface area contributed by atoms with Gasteiger partial charge in [0.05, 0.1) is 23.2 Å². The molecule has 3 rings (SSSR count). The molecule has 0 radical (unpaired) electrons. The number of imide groups is 1. The number of carbonyl (C=O) groups is 2. The largest absolute Gasteiger partial charge is 0.416 e. The highest BCUT2D eigenvalue weighted by molar-refractivity contribution is 6.21. The Morgan fingerprint density at radius 2 is 1.58 bits per heavy atom. The van der Waals surface area contributed by atoms with E-state index in [1.807, 2.05) is 0 Å². The van der Waals surface area contributed by atoms with Crippen molar-refractivity contribution in [3.63, 3.8) is 0 Å². The van der Waals surface area contributed by atoms with Crippen molar-refractivity contribution in [3.05, 3.63) is 82.7 Å². The van der Waals surface area contributed by atoms with Crippen LogP contribution < -0.4 is 0 Å². The normalized spacial score (nSPS) is 14.8. The molecule has 2 aromatic carbocycles. The second kappa shape index (κ2) is 6.74. The van der Waals surface area contributed by atoms with Crippen molar-refractivity contribution in [3.8, 4) is 0 Å². The number of benzene rings is 2. The first-order chi connectivity index (χ1) is 12.3. The lowest BCUT2D eigenvalue weighted by Gasteiger charge is -2.12. The number of rotatable bonds is 4. The van der Waals surface area contributed by atoms with Crippen LogP contribution in [0.15, 0.2) is 60.4 Å². The molecule has 3 nitrogen and oxygen atoms in total. The van der Waals surface area contributed by atoms with Crippen molar-refractivity contribution in [1.82, 2.24) is 4.90 Å². The minimum absolute atomic E-state index is 0.0844. The highest BCUT2D eigenvalue weighted by Gasteiger charge is 2.35. The number of hydrogen-bond donors (Lipinski definition) is 0. The average molecular weight is 363 g/mol. The van der Waals surface area contributed by atoms with E-state index in [0.717, 1.165) is 23.1 Å². The fraction of sp³-hybridized carbons (Fsp3) is 0.158. The molecule has 7 heteroatoms. The molecule has 0 fully saturated rings. The summed E-state index contributed by atoms with van der Waals surface area (Å²) in [5.74, 6) is -1.95. The molecule has 0 spiro atoms. The quantitative estimate of drug-likeness (QED) is 0.597. The lowest BCUT2D eigenvalue weighted by molar-refractivity contribution is -0.137. The Hall–Kier alpha value is -2.96. The Morgan fingerprint density at radius 3 is 2.15 bits per heavy atom. The molecule has 2 aromatic rings. The zero-order valence-corrected chi connectivity index (χ0v) is 13.4. The van der Waals surface area contributed by atoms with Gasteiger partial charge in [-0.1, -0.05) is 30.3 Å². The fourth-order valence-corrected chi connectivity index (χ4v) is 2.70. The van der Waals surface area contributed by atoms with Crippen molar-refractivity contribution in [2.45, 2.75) is 12.6 Å². The summed E-state index contributed by atoms with van der Waals surface area (Å²) in [6.07, 6.45) is -3.49. The van der Waals surface area contributed by atoms with Crippen molar-refractivity contribution in [2.75, 3.05) is 6.54 Å². The summed E-state index contributed by atoms with van der Waals surface area (Å²) in [6, 6.07) is 10.7. The first-order valence-electron chi connectivity index (χ1n) is 7.73. The van der Waals surface area contributed by atoms with Gasteiger partial charge in [0.1, 0.15) is 5.83 Å². The van der Waals surface area contributed by atoms with Gasteiger partial charge in [-0.25, -0.2) is 4.39 Å². The highest BCUT2D eigenvalue weighted by Crippen LogP contribution is 2.30. The van der Waals surface area contributed by atoms with Gasteiger partial charge in [0.15, 0.2) is 0 Å². The molecule has 0 aromatic heterocycles. The summed E-state index contributed by atoms with van der Waals surface area (Å²) in [5.41, 5.74) is -0.118. The van der Waals surface area contributed by atoms with Crippen LogP contribution >= 0.6 is 0 Å². The van der Waals surface area contributed by atoms with E-state index in [0.29, 0.717) is 0 Å². The van der Waals surface area contributed by atoms with Gasteiger partial charge < -0.3 is 0 Å². The number of amides is 2. The molecule has 26 heavy (non-hydrogen) atoms. The van der Waals surface area contributed by atoms with Crippen LogP contribution in [-0.4, -0.2) is 23.3 Å². The molecule has 0 atom stereocenters. The highest BCUT2D eigenvalue weighted by atomic mass is 19.4. The van der Waals surface area contributed by atoms with Crippen molar-refractivity contribution >= 4 is 11.8 Å². The molecule has 1 heterocycles. The monoisotopic (exact) mass is 363 g/mol. The van der Waals surface area contributed by atoms with Gasteiger partial charge in [0.25, 0.3) is 11.8 Å². The zero-order valence-electron chi connectivity index (χ0n) is 13.4. The SMILES string of the molecule is O=C1c2ccccc2C(=O)N1C/C(F)=C\Cc1cccc(C(F)(F)F)c1. The number of halogens is 4. The first-order valence-corrected chi connectivity index (χ1v) is 7.73. The Kier molecular flexibility index (Phi) is 4.63. The van der Waals surface area contributed by atoms with Crippen LogP contribution in [0.4, 0.5) is 17.6 Å². The van der Waals surface area contributed by atoms with Gasteiger partial charge in [0.2, 0.25) is 0 Å². The lowest BCUT2D eigenvalue weighted by Crippen LogP contribution is -2.31. The molecule has 2 amide bonds. The van der Waals surface area contributed by atoms with E-state index in [1.54, 1.807) is 12.1 Å². The fourth-order valence-electron chi connectivity index (χ4n) is 2.70. The number of nitrogens with zero attached hydrogens (tertiary/aromatic N) is 1. The number of allylic oxidation sites excluding steroid dienone is 1. The number of fused-ring (bicyclic) bond motifs is 1. The smallest absolute Gasteiger partial charge is 0.269 e. The van der Waals surface area contributed by atoms with E-state index in [1.165, 1.54) is 24.3 Å². The average Bonchev–Trinajstić information content (AvgIpc) is 2.85. The van der Waals surface area contributed by atoms with E-state index >= 15 is 0 Å². The Balaban J connectivity index is 1.71. The second-order valence-corrected chi connectivity index (χ2v) is 5.80. The van der Waals surface area contributed by atoms with Crippen LogP contribution in [0.3, 0.4) is 0 Å². The van der Waals surface area contributed by atoms with E-state index in [4.69, 9.17) is 0 Å². The van der Waals surface area contributed by atoms with E-state index in [9.17, 15) is 27.2 Å². The third-order valence-corrected chi connectivity index (χ3v) is 4.00. The summed E-state index contributed by atoms with van der Waals surface area (Å²) in [6.45, 7) is -0.550. The van der Waals surface area contributed by atoms with Crippen LogP contribution in [-0.2, 0) is 12.6 Å². The van der Waals surface area contributed by atoms with E-state index in [-0.39, 0.29) is 23.1 Å². The van der Waals surface area contributed by atoms with Crippen LogP contribution in [0, 0.1) is 0 Å². The summed E-state index contributed by atoms with van der Waals surface area (Å²) in [5, 5.41) is 0. The third kappa shape index (κ3) is 3.51. The second-order valence-electron chi connectivity index (χ2n) is 5.80. The standard InChI is InChI=1S/C19H13F4NO2/c20-14(9-8-12-4-3-5-13(10-12)19(21,22)23)11-24-17(25)15-6-1-2-7-16(15)18(24)26/h1-7,9-10H,8,11H2/b14-9+. The summed E-state index contributed by atoms with van der Waals surface area (Å²) >= 11 is 0. The Labute approximate surface area is 146 Å². The van der Waals surface area contributed by atoms with E-state index in [2.05, 4.69) is 0 Å². The van der Waals surface area contributed by atoms with Crippen molar-refractivity contribution in [1.29, 1.82) is 0 Å². The number of hydrogen-bond acceptors (Lipinski definition) is 2. The summed E-state index contributed by atoms with van der Waals surface area (Å²) < 4.78 is 52.2. The van der Waals surface area contributed by atoms with E-state index < -0.39 is 35.9 Å². The molecule has 0 unspecified atom stereocenters. The van der Waals surface area contributed by atoms with Crippen LogP contribution in [0.1, 0.15) is 31.8 Å². The topological polar surface area (TPSA) is 37.4 Å². The maximum atomic E-state index is 14.1. The maximum absolute atomic E-state index is 14.1. The predicted molar refractivity (Wildman–Crippen MR) is 86.1 cm³/mol. The Bertz CT molecular complexity index is 867. The molecule has 1 aliphatic rings. The van der Waals surface area contributed by atoms with Crippen LogP contribution in [0.2, 0.25) is 0 Å². The Morgan fingerprint density at radius 1 is 0.962 bits per heavy atom. The molecule has 1 aliphatic heterocycles. The predicted octanol–water partition coefficient (Wildman–Crippen LogP) is 4.40. The van der Waals surface area contributed by atoms with Gasteiger partial charge in [0, 0.05) is 0 Å². The molecular formula is C19H13F4NO2. The minimum Gasteiger partial charge on any atom is -0.269 e. The zero-order chi connectivity index (χ0) is 18.9. The van der Waals surface area contributed by atoms with Crippen molar-refractivity contribution < 1.29 is 27.2 Å². The summed E-state index contributed by atoms with van der Waals surface area (Å²) in [7, 11) is 0. The van der Waals surface area contributed by atoms with Gasteiger partial charge in [-0.2, -0.15) is 13.2 Å². The molecule has 0 N–H and O–H groups in total. The maximum Gasteiger partial charge on any atom is 0.416 e. The third-order valence-electron chi connectivity index (χ3n) is 4.00. The number of carbonyl (C=O) groups excluding carboxylic acids is 2. The summed E-state index contributed by atoms with van der Waals surface area (Å²) in [4.78, 5) is 25.1. The number of alkyl halides is 3. The molecule has 0 saturated heterocycles. The van der Waals surface area contributed by atoms with Gasteiger partial charge >= 0.3 is 6.18 Å². The molecular weight excluding hydrogens is 350 g/mol.